The summed E-state index contributed by atoms with van der Waals surface area (Å²) < 4.78 is 5.65. The van der Waals surface area contributed by atoms with Crippen LogP contribution in [0, 0.1) is 0 Å². The molecule has 0 fully saturated rings. The molecule has 0 radical (unpaired) electrons. The lowest BCUT2D eigenvalue weighted by Gasteiger charge is -2.20. The Hall–Kier alpha value is -2.30. The maximum atomic E-state index is 12.0. The van der Waals surface area contributed by atoms with Crippen molar-refractivity contribution < 1.29 is 14.3 Å². The molecular formula is C18H26N2O3. The van der Waals surface area contributed by atoms with Crippen LogP contribution in [0.1, 0.15) is 38.8 Å². The molecule has 0 bridgehead atoms. The molecule has 5 heteroatoms. The lowest BCUT2D eigenvalue weighted by Crippen LogP contribution is -2.29. The highest BCUT2D eigenvalue weighted by Crippen LogP contribution is 2.27. The van der Waals surface area contributed by atoms with Crippen molar-refractivity contribution in [2.75, 3.05) is 20.7 Å². The minimum Gasteiger partial charge on any atom is -0.483 e. The van der Waals surface area contributed by atoms with Crippen LogP contribution in [-0.4, -0.2) is 37.4 Å². The Labute approximate surface area is 138 Å². The molecule has 0 spiro atoms. The van der Waals surface area contributed by atoms with Gasteiger partial charge in [-0.15, -0.1) is 0 Å². The van der Waals surface area contributed by atoms with Gasteiger partial charge in [0, 0.05) is 25.7 Å². The first-order chi connectivity index (χ1) is 10.8. The molecule has 1 atom stereocenters. The van der Waals surface area contributed by atoms with Gasteiger partial charge in [-0.3, -0.25) is 9.59 Å². The number of likely N-dealkylation sites (N-methyl/N-ethyl adjacent to an activating group) is 1. The number of hydrogen-bond donors (Lipinski definition) is 1. The zero-order chi connectivity index (χ0) is 17.4. The monoisotopic (exact) mass is 318 g/mol. The van der Waals surface area contributed by atoms with Crippen molar-refractivity contribution in [3.63, 3.8) is 0 Å². The molecule has 126 valence electrons. The van der Waals surface area contributed by atoms with Crippen LogP contribution in [0.3, 0.4) is 0 Å². The average molecular weight is 318 g/mol. The smallest absolute Gasteiger partial charge is 0.259 e. The lowest BCUT2D eigenvalue weighted by molar-refractivity contribution is -0.130. The summed E-state index contributed by atoms with van der Waals surface area (Å²) in [6, 6.07) is 7.30. The summed E-state index contributed by atoms with van der Waals surface area (Å²) in [6.07, 6.45) is 2.30. The minimum atomic E-state index is -0.163. The second-order valence-electron chi connectivity index (χ2n) is 5.81. The van der Waals surface area contributed by atoms with Crippen LogP contribution in [0.5, 0.6) is 5.75 Å². The zero-order valence-electron chi connectivity index (χ0n) is 14.6. The Morgan fingerprint density at radius 2 is 1.91 bits per heavy atom. The van der Waals surface area contributed by atoms with E-state index in [-0.39, 0.29) is 24.5 Å². The fourth-order valence-corrected chi connectivity index (χ4v) is 2.04. The maximum absolute atomic E-state index is 12.0. The summed E-state index contributed by atoms with van der Waals surface area (Å²) in [5, 5.41) is 2.97. The van der Waals surface area contributed by atoms with Gasteiger partial charge < -0.3 is 15.0 Å². The first-order valence-corrected chi connectivity index (χ1v) is 7.72. The van der Waals surface area contributed by atoms with Gasteiger partial charge in [0.2, 0.25) is 5.91 Å². The number of benzene rings is 1. The van der Waals surface area contributed by atoms with E-state index < -0.39 is 0 Å². The van der Waals surface area contributed by atoms with Gasteiger partial charge in [0.05, 0.1) is 6.04 Å². The van der Waals surface area contributed by atoms with Gasteiger partial charge in [0.15, 0.2) is 6.61 Å². The summed E-state index contributed by atoms with van der Waals surface area (Å²) in [5.74, 6) is 0.379. The van der Waals surface area contributed by atoms with Gasteiger partial charge in [-0.05, 0) is 26.3 Å². The topological polar surface area (TPSA) is 58.6 Å². The van der Waals surface area contributed by atoms with Gasteiger partial charge in [0.25, 0.3) is 5.91 Å². The van der Waals surface area contributed by atoms with Gasteiger partial charge in [0.1, 0.15) is 5.75 Å². The van der Waals surface area contributed by atoms with Crippen molar-refractivity contribution in [1.82, 2.24) is 10.2 Å². The van der Waals surface area contributed by atoms with E-state index in [2.05, 4.69) is 5.32 Å². The van der Waals surface area contributed by atoms with Crippen LogP contribution < -0.4 is 10.1 Å². The largest absolute Gasteiger partial charge is 0.483 e. The molecule has 1 aromatic rings. The number of nitrogens with zero attached hydrogens (tertiary/aromatic N) is 1. The average Bonchev–Trinajstić information content (AvgIpc) is 2.49. The predicted molar refractivity (Wildman–Crippen MR) is 91.2 cm³/mol. The van der Waals surface area contributed by atoms with E-state index in [0.29, 0.717) is 5.75 Å². The molecule has 0 aromatic heterocycles. The SMILES string of the molecule is CC[C@@H](NC(=O)C=C(C)C)c1ccccc1OCC(=O)N(C)C. The standard InChI is InChI=1S/C18H26N2O3/c1-6-15(19-17(21)11-13(2)3)14-9-7-8-10-16(14)23-12-18(22)20(4)5/h7-11,15H,6,12H2,1-5H3,(H,19,21)/t15-/m1/s1. The molecule has 1 rings (SSSR count). The molecule has 0 aliphatic rings. The van der Waals surface area contributed by atoms with Gasteiger partial charge in [-0.2, -0.15) is 0 Å². The molecule has 0 saturated heterocycles. The highest BCUT2D eigenvalue weighted by Gasteiger charge is 2.17. The van der Waals surface area contributed by atoms with E-state index in [0.717, 1.165) is 17.6 Å². The molecular weight excluding hydrogens is 292 g/mol. The third kappa shape index (κ3) is 6.14. The number of para-hydroxylation sites is 1. The second kappa shape index (κ2) is 8.98. The number of nitrogens with one attached hydrogen (secondary N) is 1. The molecule has 0 unspecified atom stereocenters. The normalized spacial score (nSPS) is 11.3. The molecule has 2 amide bonds. The molecule has 5 nitrogen and oxygen atoms in total. The summed E-state index contributed by atoms with van der Waals surface area (Å²) in [4.78, 5) is 25.1. The van der Waals surface area contributed by atoms with Gasteiger partial charge in [-0.1, -0.05) is 30.7 Å². The van der Waals surface area contributed by atoms with Crippen LogP contribution >= 0.6 is 0 Å². The van der Waals surface area contributed by atoms with Crippen molar-refractivity contribution in [3.8, 4) is 5.75 Å². The van der Waals surface area contributed by atoms with Crippen LogP contribution in [-0.2, 0) is 9.59 Å². The Bertz CT molecular complexity index is 575. The molecule has 0 heterocycles. The zero-order valence-corrected chi connectivity index (χ0v) is 14.6. The Balaban J connectivity index is 2.90. The highest BCUT2D eigenvalue weighted by atomic mass is 16.5. The number of hydrogen-bond acceptors (Lipinski definition) is 3. The van der Waals surface area contributed by atoms with Crippen LogP contribution in [0.25, 0.3) is 0 Å². The maximum Gasteiger partial charge on any atom is 0.259 e. The summed E-state index contributed by atoms with van der Waals surface area (Å²) >= 11 is 0. The van der Waals surface area contributed by atoms with E-state index in [1.54, 1.807) is 20.2 Å². The second-order valence-corrected chi connectivity index (χ2v) is 5.81. The minimum absolute atomic E-state index is 0.0254. The van der Waals surface area contributed by atoms with Gasteiger partial charge in [-0.25, -0.2) is 0 Å². The predicted octanol–water partition coefficient (Wildman–Crippen LogP) is 2.69. The quantitative estimate of drug-likeness (QED) is 0.786. The number of carbonyl (C=O) groups excluding carboxylic acids is 2. The van der Waals surface area contributed by atoms with Crippen molar-refractivity contribution in [3.05, 3.63) is 41.5 Å². The van der Waals surface area contributed by atoms with Crippen LogP contribution in [0.2, 0.25) is 0 Å². The molecule has 23 heavy (non-hydrogen) atoms. The van der Waals surface area contributed by atoms with Crippen molar-refractivity contribution in [1.29, 1.82) is 0 Å². The number of rotatable bonds is 7. The van der Waals surface area contributed by atoms with Crippen LogP contribution in [0.15, 0.2) is 35.9 Å². The fourth-order valence-electron chi connectivity index (χ4n) is 2.04. The van der Waals surface area contributed by atoms with E-state index in [1.165, 1.54) is 4.90 Å². The number of carbonyl (C=O) groups is 2. The number of allylic oxidation sites excluding steroid dienone is 1. The first-order valence-electron chi connectivity index (χ1n) is 7.72. The van der Waals surface area contributed by atoms with E-state index in [4.69, 9.17) is 4.74 Å². The Morgan fingerprint density at radius 1 is 1.26 bits per heavy atom. The molecule has 1 aromatic carbocycles. The van der Waals surface area contributed by atoms with E-state index in [1.807, 2.05) is 45.0 Å². The lowest BCUT2D eigenvalue weighted by atomic mass is 10.0. The molecule has 0 aliphatic carbocycles. The summed E-state index contributed by atoms with van der Waals surface area (Å²) in [6.45, 7) is 5.73. The molecule has 0 aliphatic heterocycles. The van der Waals surface area contributed by atoms with E-state index in [9.17, 15) is 9.59 Å². The van der Waals surface area contributed by atoms with Crippen molar-refractivity contribution in [2.45, 2.75) is 33.2 Å². The van der Waals surface area contributed by atoms with Crippen molar-refractivity contribution >= 4 is 11.8 Å². The Kier molecular flexibility index (Phi) is 7.32. The van der Waals surface area contributed by atoms with Crippen molar-refractivity contribution in [2.24, 2.45) is 0 Å². The highest BCUT2D eigenvalue weighted by molar-refractivity contribution is 5.88. The molecule has 1 N–H and O–H groups in total. The number of ether oxygens (including phenoxy) is 1. The third-order valence-corrected chi connectivity index (χ3v) is 3.29. The van der Waals surface area contributed by atoms with Gasteiger partial charge >= 0.3 is 0 Å². The first kappa shape index (κ1) is 18.7. The summed E-state index contributed by atoms with van der Waals surface area (Å²) in [7, 11) is 3.37. The summed E-state index contributed by atoms with van der Waals surface area (Å²) in [5.41, 5.74) is 1.82. The molecule has 0 saturated carbocycles. The Morgan fingerprint density at radius 3 is 2.48 bits per heavy atom. The van der Waals surface area contributed by atoms with Crippen LogP contribution in [0.4, 0.5) is 0 Å². The number of amides is 2. The fraction of sp³-hybridized carbons (Fsp3) is 0.444. The van der Waals surface area contributed by atoms with E-state index >= 15 is 0 Å². The third-order valence-electron chi connectivity index (χ3n) is 3.29.